The molecule has 0 atom stereocenters. The topological polar surface area (TPSA) is 85.3 Å². The largest absolute Gasteiger partial charge is 0.463 e. The predicted octanol–water partition coefficient (Wildman–Crippen LogP) is 3.33. The zero-order valence-corrected chi connectivity index (χ0v) is 14.1. The first-order valence-corrected chi connectivity index (χ1v) is 8.10. The van der Waals surface area contributed by atoms with E-state index in [4.69, 9.17) is 4.42 Å². The molecule has 0 bridgehead atoms. The number of nitrogens with one attached hydrogen (secondary N) is 1. The SMILES string of the molecule is O=C(NCc1cccnc1)c1cnn2c(C(F)(F)F)cc(-c3ccco3)nc12. The van der Waals surface area contributed by atoms with Crippen molar-refractivity contribution in [1.82, 2.24) is 24.9 Å². The number of carbonyl (C=O) groups excluding carboxylic acids is 1. The highest BCUT2D eigenvalue weighted by Gasteiger charge is 2.36. The summed E-state index contributed by atoms with van der Waals surface area (Å²) in [5, 5.41) is 6.34. The monoisotopic (exact) mass is 387 g/mol. The number of hydrogen-bond acceptors (Lipinski definition) is 5. The molecule has 0 fully saturated rings. The second-order valence-electron chi connectivity index (χ2n) is 5.84. The van der Waals surface area contributed by atoms with E-state index in [1.807, 2.05) is 0 Å². The number of rotatable bonds is 4. The molecule has 0 aliphatic heterocycles. The van der Waals surface area contributed by atoms with E-state index in [1.54, 1.807) is 24.5 Å². The molecule has 4 aromatic rings. The fourth-order valence-electron chi connectivity index (χ4n) is 2.66. The number of aromatic nitrogens is 4. The Bertz CT molecular complexity index is 1120. The third-order valence-corrected chi connectivity index (χ3v) is 3.96. The number of amides is 1. The van der Waals surface area contributed by atoms with Gasteiger partial charge in [0.2, 0.25) is 0 Å². The van der Waals surface area contributed by atoms with Crippen LogP contribution in [0.15, 0.2) is 59.6 Å². The number of alkyl halides is 3. The summed E-state index contributed by atoms with van der Waals surface area (Å²) in [5.41, 5.74) is -0.665. The molecule has 0 saturated carbocycles. The standard InChI is InChI=1S/C18H12F3N5O2/c19-18(20,21)15-7-13(14-4-2-6-28-14)25-16-12(10-24-26(15)16)17(27)23-9-11-3-1-5-22-8-11/h1-8,10H,9H2,(H,23,27). The van der Waals surface area contributed by atoms with Crippen molar-refractivity contribution < 1.29 is 22.4 Å². The fourth-order valence-corrected chi connectivity index (χ4v) is 2.66. The van der Waals surface area contributed by atoms with Gasteiger partial charge in [0, 0.05) is 18.9 Å². The highest BCUT2D eigenvalue weighted by Crippen LogP contribution is 2.32. The first-order chi connectivity index (χ1) is 13.4. The number of carbonyl (C=O) groups is 1. The Morgan fingerprint density at radius 1 is 1.21 bits per heavy atom. The molecule has 0 aliphatic rings. The fraction of sp³-hybridized carbons (Fsp3) is 0.111. The van der Waals surface area contributed by atoms with E-state index in [2.05, 4.69) is 20.4 Å². The van der Waals surface area contributed by atoms with Crippen molar-refractivity contribution in [1.29, 1.82) is 0 Å². The third kappa shape index (κ3) is 3.31. The van der Waals surface area contributed by atoms with E-state index >= 15 is 0 Å². The van der Waals surface area contributed by atoms with E-state index < -0.39 is 17.8 Å². The van der Waals surface area contributed by atoms with Gasteiger partial charge in [-0.15, -0.1) is 0 Å². The predicted molar refractivity (Wildman–Crippen MR) is 91.1 cm³/mol. The average molecular weight is 387 g/mol. The molecule has 0 spiro atoms. The summed E-state index contributed by atoms with van der Waals surface area (Å²) in [7, 11) is 0. The van der Waals surface area contributed by atoms with E-state index in [1.165, 1.54) is 18.4 Å². The van der Waals surface area contributed by atoms with Crippen molar-refractivity contribution in [3.05, 3.63) is 72.0 Å². The lowest BCUT2D eigenvalue weighted by atomic mass is 10.2. The van der Waals surface area contributed by atoms with Gasteiger partial charge in [-0.3, -0.25) is 9.78 Å². The summed E-state index contributed by atoms with van der Waals surface area (Å²) in [6.07, 6.45) is 0.854. The van der Waals surface area contributed by atoms with Gasteiger partial charge < -0.3 is 9.73 Å². The summed E-state index contributed by atoms with van der Waals surface area (Å²) in [6, 6.07) is 7.32. The second-order valence-corrected chi connectivity index (χ2v) is 5.84. The van der Waals surface area contributed by atoms with Crippen LogP contribution in [0.1, 0.15) is 21.6 Å². The van der Waals surface area contributed by atoms with Crippen molar-refractivity contribution >= 4 is 11.6 Å². The maximum Gasteiger partial charge on any atom is 0.433 e. The maximum absolute atomic E-state index is 13.5. The Labute approximate surface area is 155 Å². The number of furan rings is 1. The minimum absolute atomic E-state index is 0.0494. The van der Waals surface area contributed by atoms with Gasteiger partial charge in [-0.1, -0.05) is 6.07 Å². The molecule has 10 heteroatoms. The van der Waals surface area contributed by atoms with Crippen LogP contribution in [-0.4, -0.2) is 25.5 Å². The molecule has 1 N–H and O–H groups in total. The van der Waals surface area contributed by atoms with Crippen molar-refractivity contribution in [2.45, 2.75) is 12.7 Å². The minimum atomic E-state index is -4.70. The van der Waals surface area contributed by atoms with Crippen LogP contribution in [-0.2, 0) is 12.7 Å². The van der Waals surface area contributed by atoms with Crippen LogP contribution in [0.2, 0.25) is 0 Å². The zero-order valence-electron chi connectivity index (χ0n) is 14.1. The number of hydrogen-bond donors (Lipinski definition) is 1. The van der Waals surface area contributed by atoms with Gasteiger partial charge in [0.15, 0.2) is 17.1 Å². The highest BCUT2D eigenvalue weighted by molar-refractivity contribution is 5.99. The lowest BCUT2D eigenvalue weighted by molar-refractivity contribution is -0.142. The molecular formula is C18H12F3N5O2. The molecule has 4 rings (SSSR count). The quantitative estimate of drug-likeness (QED) is 0.581. The van der Waals surface area contributed by atoms with Crippen LogP contribution < -0.4 is 5.32 Å². The van der Waals surface area contributed by atoms with E-state index in [-0.39, 0.29) is 29.2 Å². The van der Waals surface area contributed by atoms with Crippen LogP contribution >= 0.6 is 0 Å². The molecule has 28 heavy (non-hydrogen) atoms. The maximum atomic E-state index is 13.5. The highest BCUT2D eigenvalue weighted by atomic mass is 19.4. The summed E-state index contributed by atoms with van der Waals surface area (Å²) in [5.74, 6) is -0.452. The van der Waals surface area contributed by atoms with Gasteiger partial charge in [0.25, 0.3) is 5.91 Å². The Morgan fingerprint density at radius 2 is 2.07 bits per heavy atom. The van der Waals surface area contributed by atoms with E-state index in [0.29, 0.717) is 4.52 Å². The lowest BCUT2D eigenvalue weighted by Gasteiger charge is -2.10. The molecule has 4 aromatic heterocycles. The Kier molecular flexibility index (Phi) is 4.30. The van der Waals surface area contributed by atoms with Gasteiger partial charge in [0.05, 0.1) is 12.5 Å². The van der Waals surface area contributed by atoms with E-state index in [0.717, 1.165) is 17.8 Å². The number of pyridine rings is 1. The Morgan fingerprint density at radius 3 is 2.75 bits per heavy atom. The summed E-state index contributed by atoms with van der Waals surface area (Å²) in [6.45, 7) is 0.161. The van der Waals surface area contributed by atoms with Crippen LogP contribution in [0.4, 0.5) is 13.2 Å². The Hall–Kier alpha value is -3.69. The third-order valence-electron chi connectivity index (χ3n) is 3.96. The van der Waals surface area contributed by atoms with Gasteiger partial charge in [0.1, 0.15) is 11.3 Å². The van der Waals surface area contributed by atoms with Crippen molar-refractivity contribution in [2.24, 2.45) is 0 Å². The molecular weight excluding hydrogens is 375 g/mol. The van der Waals surface area contributed by atoms with Gasteiger partial charge in [-0.05, 0) is 29.8 Å². The van der Waals surface area contributed by atoms with Gasteiger partial charge in [-0.25, -0.2) is 9.50 Å². The summed E-state index contributed by atoms with van der Waals surface area (Å²) >= 11 is 0. The van der Waals surface area contributed by atoms with Crippen molar-refractivity contribution in [3.8, 4) is 11.5 Å². The summed E-state index contributed by atoms with van der Waals surface area (Å²) in [4.78, 5) is 20.6. The molecule has 0 saturated heterocycles. The number of fused-ring (bicyclic) bond motifs is 1. The molecule has 7 nitrogen and oxygen atoms in total. The number of halogens is 3. The first-order valence-electron chi connectivity index (χ1n) is 8.10. The molecule has 142 valence electrons. The van der Waals surface area contributed by atoms with Crippen LogP contribution in [0.25, 0.3) is 17.1 Å². The summed E-state index contributed by atoms with van der Waals surface area (Å²) < 4.78 is 46.2. The molecule has 0 aliphatic carbocycles. The zero-order chi connectivity index (χ0) is 19.7. The van der Waals surface area contributed by atoms with Gasteiger partial charge in [-0.2, -0.15) is 18.3 Å². The van der Waals surface area contributed by atoms with Crippen molar-refractivity contribution in [3.63, 3.8) is 0 Å². The van der Waals surface area contributed by atoms with E-state index in [9.17, 15) is 18.0 Å². The molecule has 4 heterocycles. The van der Waals surface area contributed by atoms with Crippen LogP contribution in [0.5, 0.6) is 0 Å². The minimum Gasteiger partial charge on any atom is -0.463 e. The number of nitrogens with zero attached hydrogens (tertiary/aromatic N) is 4. The van der Waals surface area contributed by atoms with Crippen LogP contribution in [0, 0.1) is 0 Å². The average Bonchev–Trinajstić information content (AvgIpc) is 3.35. The molecule has 0 aromatic carbocycles. The first kappa shape index (κ1) is 17.7. The molecule has 0 unspecified atom stereocenters. The molecule has 0 radical (unpaired) electrons. The van der Waals surface area contributed by atoms with Gasteiger partial charge >= 0.3 is 6.18 Å². The second kappa shape index (κ2) is 6.80. The van der Waals surface area contributed by atoms with Crippen molar-refractivity contribution in [2.75, 3.05) is 0 Å². The lowest BCUT2D eigenvalue weighted by Crippen LogP contribution is -2.23. The molecule has 1 amide bonds. The normalized spacial score (nSPS) is 11.7. The van der Waals surface area contributed by atoms with Crippen LogP contribution in [0.3, 0.4) is 0 Å². The smallest absolute Gasteiger partial charge is 0.433 e. The Balaban J connectivity index is 1.75.